The first kappa shape index (κ1) is 22.0. The van der Waals surface area contributed by atoms with E-state index in [-0.39, 0.29) is 23.6 Å². The lowest BCUT2D eigenvalue weighted by Gasteiger charge is -2.32. The number of halogens is 1. The van der Waals surface area contributed by atoms with Crippen LogP contribution in [0.1, 0.15) is 33.6 Å². The lowest BCUT2D eigenvalue weighted by Crippen LogP contribution is -2.43. The van der Waals surface area contributed by atoms with Crippen molar-refractivity contribution in [1.82, 2.24) is 9.88 Å². The smallest absolute Gasteiger partial charge is 0.257 e. The van der Waals surface area contributed by atoms with E-state index in [1.807, 2.05) is 0 Å². The monoisotopic (exact) mass is 468 g/mol. The third kappa shape index (κ3) is 5.33. The van der Waals surface area contributed by atoms with Crippen LogP contribution >= 0.6 is 22.9 Å². The molecule has 2 aromatic carbocycles. The van der Waals surface area contributed by atoms with Crippen molar-refractivity contribution in [2.45, 2.75) is 12.8 Å². The molecule has 7 nitrogen and oxygen atoms in total. The van der Waals surface area contributed by atoms with Gasteiger partial charge in [0.25, 0.3) is 11.8 Å². The second-order valence-electron chi connectivity index (χ2n) is 7.46. The van der Waals surface area contributed by atoms with Gasteiger partial charge in [-0.25, -0.2) is 4.98 Å². The largest absolute Gasteiger partial charge is 0.338 e. The Morgan fingerprint density at radius 3 is 2.41 bits per heavy atom. The molecular weight excluding hydrogens is 448 g/mol. The van der Waals surface area contributed by atoms with E-state index in [0.29, 0.717) is 46.5 Å². The number of carbonyl (C=O) groups is 3. The molecule has 9 heteroatoms. The molecule has 164 valence electrons. The molecule has 1 aliphatic heterocycles. The summed E-state index contributed by atoms with van der Waals surface area (Å²) >= 11 is 7.24. The fourth-order valence-electron chi connectivity index (χ4n) is 3.55. The third-order valence-electron chi connectivity index (χ3n) is 5.24. The zero-order valence-electron chi connectivity index (χ0n) is 17.1. The van der Waals surface area contributed by atoms with Crippen LogP contribution in [-0.4, -0.2) is 40.7 Å². The summed E-state index contributed by atoms with van der Waals surface area (Å²) in [7, 11) is 0. The van der Waals surface area contributed by atoms with Gasteiger partial charge >= 0.3 is 0 Å². The van der Waals surface area contributed by atoms with Crippen LogP contribution in [0, 0.1) is 5.92 Å². The van der Waals surface area contributed by atoms with Crippen LogP contribution in [0.2, 0.25) is 5.02 Å². The Balaban J connectivity index is 1.34. The number of nitrogens with zero attached hydrogens (tertiary/aromatic N) is 2. The van der Waals surface area contributed by atoms with Gasteiger partial charge in [-0.15, -0.1) is 11.3 Å². The van der Waals surface area contributed by atoms with E-state index in [9.17, 15) is 14.4 Å². The van der Waals surface area contributed by atoms with Gasteiger partial charge in [0.1, 0.15) is 0 Å². The van der Waals surface area contributed by atoms with Gasteiger partial charge in [-0.3, -0.25) is 19.7 Å². The van der Waals surface area contributed by atoms with E-state index in [1.54, 1.807) is 65.0 Å². The molecule has 1 fully saturated rings. The topological polar surface area (TPSA) is 91.4 Å². The average molecular weight is 469 g/mol. The number of hydrogen-bond donors (Lipinski definition) is 2. The van der Waals surface area contributed by atoms with Gasteiger partial charge in [0.05, 0.1) is 5.92 Å². The zero-order valence-corrected chi connectivity index (χ0v) is 18.7. The van der Waals surface area contributed by atoms with Crippen LogP contribution in [0.25, 0.3) is 0 Å². The molecule has 1 atom stereocenters. The summed E-state index contributed by atoms with van der Waals surface area (Å²) < 4.78 is 0. The molecule has 0 aliphatic carbocycles. The molecule has 2 N–H and O–H groups in total. The number of anilines is 2. The van der Waals surface area contributed by atoms with E-state index in [4.69, 9.17) is 11.6 Å². The van der Waals surface area contributed by atoms with Gasteiger partial charge in [-0.05, 0) is 61.4 Å². The third-order valence-corrected chi connectivity index (χ3v) is 6.18. The van der Waals surface area contributed by atoms with Crippen molar-refractivity contribution in [3.63, 3.8) is 0 Å². The van der Waals surface area contributed by atoms with Crippen LogP contribution in [0.3, 0.4) is 0 Å². The molecule has 1 aliphatic rings. The molecule has 1 saturated heterocycles. The van der Waals surface area contributed by atoms with E-state index in [2.05, 4.69) is 15.6 Å². The standard InChI is InChI=1S/C23H21ClN4O3S/c24-18-7-3-16(4-8-18)22(31)28-12-1-2-17(14-28)21(30)26-19-9-5-15(6-10-19)20(29)27-23-25-11-13-32-23/h3-11,13,17H,1-2,12,14H2,(H,26,30)(H,25,27,29). The van der Waals surface area contributed by atoms with Crippen molar-refractivity contribution in [2.24, 2.45) is 5.92 Å². The number of carbonyl (C=O) groups excluding carboxylic acids is 3. The van der Waals surface area contributed by atoms with Crippen molar-refractivity contribution in [1.29, 1.82) is 0 Å². The summed E-state index contributed by atoms with van der Waals surface area (Å²) in [6.45, 7) is 0.982. The van der Waals surface area contributed by atoms with Crippen LogP contribution in [0.4, 0.5) is 10.8 Å². The minimum absolute atomic E-state index is 0.102. The van der Waals surface area contributed by atoms with Crippen LogP contribution in [-0.2, 0) is 4.79 Å². The van der Waals surface area contributed by atoms with Crippen LogP contribution < -0.4 is 10.6 Å². The lowest BCUT2D eigenvalue weighted by molar-refractivity contribution is -0.121. The molecule has 4 rings (SSSR count). The Kier molecular flexibility index (Phi) is 6.82. The highest BCUT2D eigenvalue weighted by Gasteiger charge is 2.29. The van der Waals surface area contributed by atoms with Gasteiger partial charge in [0, 0.05) is 46.5 Å². The lowest BCUT2D eigenvalue weighted by atomic mass is 9.96. The molecule has 3 amide bonds. The molecule has 0 saturated carbocycles. The van der Waals surface area contributed by atoms with E-state index >= 15 is 0 Å². The number of benzene rings is 2. The van der Waals surface area contributed by atoms with Crippen LogP contribution in [0.15, 0.2) is 60.1 Å². The normalized spacial score (nSPS) is 15.8. The highest BCUT2D eigenvalue weighted by Crippen LogP contribution is 2.22. The number of piperidine rings is 1. The predicted molar refractivity (Wildman–Crippen MR) is 125 cm³/mol. The first-order valence-electron chi connectivity index (χ1n) is 10.2. The van der Waals surface area contributed by atoms with Gasteiger partial charge in [-0.2, -0.15) is 0 Å². The van der Waals surface area contributed by atoms with Crippen molar-refractivity contribution < 1.29 is 14.4 Å². The number of nitrogens with one attached hydrogen (secondary N) is 2. The average Bonchev–Trinajstić information content (AvgIpc) is 3.32. The minimum atomic E-state index is -0.298. The quantitative estimate of drug-likeness (QED) is 0.575. The summed E-state index contributed by atoms with van der Waals surface area (Å²) in [5, 5.41) is 8.50. The fourth-order valence-corrected chi connectivity index (χ4v) is 4.20. The fraction of sp³-hybridized carbons (Fsp3) is 0.217. The summed E-state index contributed by atoms with van der Waals surface area (Å²) in [5.41, 5.74) is 1.62. The van der Waals surface area contributed by atoms with E-state index < -0.39 is 0 Å². The maximum atomic E-state index is 12.8. The van der Waals surface area contributed by atoms with Crippen molar-refractivity contribution >= 4 is 51.5 Å². The summed E-state index contributed by atoms with van der Waals surface area (Å²) in [5.74, 6) is -0.803. The number of amides is 3. The number of rotatable bonds is 5. The number of thiazole rings is 1. The Hall–Kier alpha value is -3.23. The predicted octanol–water partition coefficient (Wildman–Crippen LogP) is 4.54. The number of aromatic nitrogens is 1. The van der Waals surface area contributed by atoms with Gasteiger partial charge in [0.2, 0.25) is 5.91 Å². The zero-order chi connectivity index (χ0) is 22.5. The molecule has 0 spiro atoms. The second kappa shape index (κ2) is 9.93. The highest BCUT2D eigenvalue weighted by molar-refractivity contribution is 7.13. The van der Waals surface area contributed by atoms with Crippen molar-refractivity contribution in [3.05, 3.63) is 76.3 Å². The Bertz CT molecular complexity index is 1100. The highest BCUT2D eigenvalue weighted by atomic mass is 35.5. The van der Waals surface area contributed by atoms with Gasteiger partial charge in [0.15, 0.2) is 5.13 Å². The summed E-state index contributed by atoms with van der Waals surface area (Å²) in [6, 6.07) is 13.4. The first-order valence-corrected chi connectivity index (χ1v) is 11.4. The molecule has 32 heavy (non-hydrogen) atoms. The Labute approximate surface area is 194 Å². The molecular formula is C23H21ClN4O3S. The second-order valence-corrected chi connectivity index (χ2v) is 8.79. The molecule has 0 radical (unpaired) electrons. The van der Waals surface area contributed by atoms with Crippen LogP contribution in [0.5, 0.6) is 0 Å². The summed E-state index contributed by atoms with van der Waals surface area (Å²) in [6.07, 6.45) is 3.09. The van der Waals surface area contributed by atoms with Crippen molar-refractivity contribution in [2.75, 3.05) is 23.7 Å². The maximum absolute atomic E-state index is 12.8. The SMILES string of the molecule is O=C(Nc1nccs1)c1ccc(NC(=O)C2CCCN(C(=O)c3ccc(Cl)cc3)C2)cc1. The number of hydrogen-bond acceptors (Lipinski definition) is 5. The van der Waals surface area contributed by atoms with Gasteiger partial charge < -0.3 is 10.2 Å². The Morgan fingerprint density at radius 1 is 1.00 bits per heavy atom. The van der Waals surface area contributed by atoms with Gasteiger partial charge in [-0.1, -0.05) is 11.6 Å². The van der Waals surface area contributed by atoms with E-state index in [1.165, 1.54) is 11.3 Å². The van der Waals surface area contributed by atoms with Crippen molar-refractivity contribution in [3.8, 4) is 0 Å². The minimum Gasteiger partial charge on any atom is -0.338 e. The molecule has 1 unspecified atom stereocenters. The molecule has 2 heterocycles. The maximum Gasteiger partial charge on any atom is 0.257 e. The Morgan fingerprint density at radius 2 is 1.72 bits per heavy atom. The molecule has 1 aromatic heterocycles. The molecule has 0 bridgehead atoms. The first-order chi connectivity index (χ1) is 15.5. The number of likely N-dealkylation sites (tertiary alicyclic amines) is 1. The summed E-state index contributed by atoms with van der Waals surface area (Å²) in [4.78, 5) is 43.5. The molecule has 3 aromatic rings. The van der Waals surface area contributed by atoms with E-state index in [0.717, 1.165) is 6.42 Å².